The van der Waals surface area contributed by atoms with Gasteiger partial charge in [-0.15, -0.1) is 10.2 Å². The van der Waals surface area contributed by atoms with Gasteiger partial charge in [0.2, 0.25) is 0 Å². The summed E-state index contributed by atoms with van der Waals surface area (Å²) in [4.78, 5) is 2.07. The summed E-state index contributed by atoms with van der Waals surface area (Å²) in [5.74, 6) is 0.838. The molecule has 2 rings (SSSR count). The Hall–Kier alpha value is -1.61. The molecule has 0 radical (unpaired) electrons. The van der Waals surface area contributed by atoms with Gasteiger partial charge in [-0.3, -0.25) is 0 Å². The number of anilines is 1. The van der Waals surface area contributed by atoms with Crippen LogP contribution in [0.3, 0.4) is 0 Å². The van der Waals surface area contributed by atoms with Crippen molar-refractivity contribution in [2.75, 3.05) is 18.5 Å². The van der Waals surface area contributed by atoms with E-state index in [4.69, 9.17) is 11.6 Å². The summed E-state index contributed by atoms with van der Waals surface area (Å²) in [6.07, 6.45) is 0.988. The molecule has 88 valence electrons. The molecule has 0 saturated heterocycles. The summed E-state index contributed by atoms with van der Waals surface area (Å²) in [5, 5.41) is 8.28. The van der Waals surface area contributed by atoms with Crippen molar-refractivity contribution < 1.29 is 0 Å². The second-order valence-electron chi connectivity index (χ2n) is 3.87. The van der Waals surface area contributed by atoms with E-state index in [1.165, 1.54) is 5.56 Å². The quantitative estimate of drug-likeness (QED) is 0.832. The summed E-state index contributed by atoms with van der Waals surface area (Å²) in [6.45, 7) is 0.903. The Morgan fingerprint density at radius 3 is 2.47 bits per heavy atom. The molecule has 1 heterocycles. The average molecular weight is 248 g/mol. The number of aromatic nitrogens is 2. The Balaban J connectivity index is 1.93. The molecule has 1 aromatic heterocycles. The van der Waals surface area contributed by atoms with Gasteiger partial charge < -0.3 is 4.90 Å². The van der Waals surface area contributed by atoms with Crippen molar-refractivity contribution in [2.24, 2.45) is 0 Å². The van der Waals surface area contributed by atoms with Crippen LogP contribution in [0.2, 0.25) is 5.15 Å². The molecule has 0 fully saturated rings. The number of benzene rings is 1. The number of likely N-dealkylation sites (N-methyl/N-ethyl adjacent to an activating group) is 1. The van der Waals surface area contributed by atoms with Crippen molar-refractivity contribution in [3.05, 3.63) is 53.2 Å². The predicted molar refractivity (Wildman–Crippen MR) is 70.5 cm³/mol. The van der Waals surface area contributed by atoms with Crippen LogP contribution >= 0.6 is 11.6 Å². The molecule has 0 spiro atoms. The van der Waals surface area contributed by atoms with E-state index in [1.54, 1.807) is 6.07 Å². The first-order valence-corrected chi connectivity index (χ1v) is 5.88. The standard InChI is InChI=1S/C13H14ClN3/c1-17(13-8-7-12(14)15-16-13)10-9-11-5-3-2-4-6-11/h2-8H,9-10H2,1H3. The normalized spacial score (nSPS) is 10.2. The van der Waals surface area contributed by atoms with Gasteiger partial charge >= 0.3 is 0 Å². The van der Waals surface area contributed by atoms with Crippen LogP contribution in [0.5, 0.6) is 0 Å². The van der Waals surface area contributed by atoms with Gasteiger partial charge in [0.15, 0.2) is 11.0 Å². The lowest BCUT2D eigenvalue weighted by Crippen LogP contribution is -2.21. The lowest BCUT2D eigenvalue weighted by molar-refractivity contribution is 0.840. The fourth-order valence-electron chi connectivity index (χ4n) is 1.57. The molecule has 2 aromatic rings. The van der Waals surface area contributed by atoms with Gasteiger partial charge in [-0.1, -0.05) is 41.9 Å². The van der Waals surface area contributed by atoms with Crippen molar-refractivity contribution in [2.45, 2.75) is 6.42 Å². The Morgan fingerprint density at radius 1 is 1.06 bits per heavy atom. The molecule has 0 N–H and O–H groups in total. The highest BCUT2D eigenvalue weighted by atomic mass is 35.5. The molecule has 0 aliphatic carbocycles. The fourth-order valence-corrected chi connectivity index (χ4v) is 1.67. The summed E-state index contributed by atoms with van der Waals surface area (Å²) in [7, 11) is 2.00. The molecule has 3 nitrogen and oxygen atoms in total. The Bertz CT molecular complexity index is 456. The third-order valence-corrected chi connectivity index (χ3v) is 2.79. The minimum absolute atomic E-state index is 0.421. The van der Waals surface area contributed by atoms with E-state index >= 15 is 0 Å². The third-order valence-electron chi connectivity index (χ3n) is 2.59. The molecule has 0 amide bonds. The molecule has 17 heavy (non-hydrogen) atoms. The number of hydrogen-bond acceptors (Lipinski definition) is 3. The zero-order valence-corrected chi connectivity index (χ0v) is 10.4. The monoisotopic (exact) mass is 247 g/mol. The van der Waals surface area contributed by atoms with Crippen LogP contribution in [-0.2, 0) is 6.42 Å². The topological polar surface area (TPSA) is 29.0 Å². The molecular weight excluding hydrogens is 234 g/mol. The molecule has 0 saturated carbocycles. The summed E-state index contributed by atoms with van der Waals surface area (Å²) >= 11 is 5.70. The highest BCUT2D eigenvalue weighted by molar-refractivity contribution is 6.29. The fraction of sp³-hybridized carbons (Fsp3) is 0.231. The summed E-state index contributed by atoms with van der Waals surface area (Å²) in [6, 6.07) is 14.0. The van der Waals surface area contributed by atoms with Crippen LogP contribution < -0.4 is 4.90 Å². The molecule has 0 atom stereocenters. The van der Waals surface area contributed by atoms with Gasteiger partial charge in [0.05, 0.1) is 0 Å². The van der Waals surface area contributed by atoms with Gasteiger partial charge in [-0.2, -0.15) is 0 Å². The third kappa shape index (κ3) is 3.43. The van der Waals surface area contributed by atoms with Gasteiger partial charge in [0.25, 0.3) is 0 Å². The van der Waals surface area contributed by atoms with E-state index in [2.05, 4.69) is 39.4 Å². The zero-order chi connectivity index (χ0) is 12.1. The highest BCUT2D eigenvalue weighted by Crippen LogP contribution is 2.11. The molecule has 1 aromatic carbocycles. The van der Waals surface area contributed by atoms with Crippen LogP contribution in [0.1, 0.15) is 5.56 Å². The first kappa shape index (κ1) is 11.9. The zero-order valence-electron chi connectivity index (χ0n) is 9.68. The molecular formula is C13H14ClN3. The van der Waals surface area contributed by atoms with Crippen LogP contribution in [0, 0.1) is 0 Å². The van der Waals surface area contributed by atoms with E-state index in [9.17, 15) is 0 Å². The molecule has 4 heteroatoms. The second kappa shape index (κ2) is 5.64. The largest absolute Gasteiger partial charge is 0.358 e. The van der Waals surface area contributed by atoms with E-state index < -0.39 is 0 Å². The first-order valence-electron chi connectivity index (χ1n) is 5.50. The van der Waals surface area contributed by atoms with Crippen LogP contribution in [-0.4, -0.2) is 23.8 Å². The summed E-state index contributed by atoms with van der Waals surface area (Å²) in [5.41, 5.74) is 1.32. The van der Waals surface area contributed by atoms with Crippen molar-refractivity contribution >= 4 is 17.4 Å². The van der Waals surface area contributed by atoms with Gasteiger partial charge in [-0.25, -0.2) is 0 Å². The van der Waals surface area contributed by atoms with Gasteiger partial charge in [-0.05, 0) is 24.1 Å². The molecule has 0 bridgehead atoms. The number of hydrogen-bond donors (Lipinski definition) is 0. The maximum Gasteiger partial charge on any atom is 0.151 e. The maximum absolute atomic E-state index is 5.70. The lowest BCUT2D eigenvalue weighted by atomic mass is 10.1. The Kier molecular flexibility index (Phi) is 3.94. The minimum atomic E-state index is 0.421. The number of halogens is 1. The number of nitrogens with zero attached hydrogens (tertiary/aromatic N) is 3. The van der Waals surface area contributed by atoms with E-state index in [-0.39, 0.29) is 0 Å². The number of rotatable bonds is 4. The molecule has 0 unspecified atom stereocenters. The molecule has 0 aliphatic heterocycles. The smallest absolute Gasteiger partial charge is 0.151 e. The van der Waals surface area contributed by atoms with Crippen molar-refractivity contribution in [3.8, 4) is 0 Å². The average Bonchev–Trinajstić information content (AvgIpc) is 2.38. The Morgan fingerprint density at radius 2 is 1.82 bits per heavy atom. The van der Waals surface area contributed by atoms with Gasteiger partial charge in [0, 0.05) is 13.6 Å². The van der Waals surface area contributed by atoms with E-state index in [1.807, 2.05) is 19.2 Å². The van der Waals surface area contributed by atoms with Gasteiger partial charge in [0.1, 0.15) is 0 Å². The predicted octanol–water partition coefficient (Wildman–Crippen LogP) is 2.81. The van der Waals surface area contributed by atoms with Crippen molar-refractivity contribution in [1.82, 2.24) is 10.2 Å². The van der Waals surface area contributed by atoms with Crippen LogP contribution in [0.15, 0.2) is 42.5 Å². The van der Waals surface area contributed by atoms with Crippen LogP contribution in [0.25, 0.3) is 0 Å². The minimum Gasteiger partial charge on any atom is -0.358 e. The highest BCUT2D eigenvalue weighted by Gasteiger charge is 2.03. The molecule has 0 aliphatic rings. The first-order chi connectivity index (χ1) is 8.25. The summed E-state index contributed by atoms with van der Waals surface area (Å²) < 4.78 is 0. The van der Waals surface area contributed by atoms with E-state index in [0.717, 1.165) is 18.8 Å². The SMILES string of the molecule is CN(CCc1ccccc1)c1ccc(Cl)nn1. The van der Waals surface area contributed by atoms with E-state index in [0.29, 0.717) is 5.15 Å². The maximum atomic E-state index is 5.70. The Labute approximate surface area is 106 Å². The van der Waals surface area contributed by atoms with Crippen molar-refractivity contribution in [1.29, 1.82) is 0 Å². The lowest BCUT2D eigenvalue weighted by Gasteiger charge is -2.17. The van der Waals surface area contributed by atoms with Crippen molar-refractivity contribution in [3.63, 3.8) is 0 Å². The second-order valence-corrected chi connectivity index (χ2v) is 4.26. The van der Waals surface area contributed by atoms with Crippen LogP contribution in [0.4, 0.5) is 5.82 Å².